The molecule has 0 unspecified atom stereocenters. The third-order valence-corrected chi connectivity index (χ3v) is 3.72. The molecule has 7 nitrogen and oxygen atoms in total. The lowest BCUT2D eigenvalue weighted by molar-refractivity contribution is -0.136. The van der Waals surface area contributed by atoms with Gasteiger partial charge in [0.1, 0.15) is 5.82 Å². The molecule has 126 valence electrons. The first kappa shape index (κ1) is 16.2. The molecule has 0 saturated heterocycles. The Labute approximate surface area is 140 Å². The number of anilines is 1. The van der Waals surface area contributed by atoms with E-state index >= 15 is 0 Å². The Morgan fingerprint density at radius 1 is 1.29 bits per heavy atom. The summed E-state index contributed by atoms with van der Waals surface area (Å²) >= 11 is 0. The van der Waals surface area contributed by atoms with Crippen LogP contribution in [0.1, 0.15) is 38.4 Å². The van der Waals surface area contributed by atoms with E-state index in [1.807, 2.05) is 19.9 Å². The number of amides is 2. The zero-order valence-corrected chi connectivity index (χ0v) is 13.8. The van der Waals surface area contributed by atoms with Gasteiger partial charge in [-0.2, -0.15) is 5.10 Å². The number of rotatable bonds is 5. The normalized spacial score (nSPS) is 13.8. The molecule has 24 heavy (non-hydrogen) atoms. The number of benzene rings is 1. The summed E-state index contributed by atoms with van der Waals surface area (Å²) in [5.41, 5.74) is 1.33. The second-order valence-corrected chi connectivity index (χ2v) is 6.46. The number of hydrogen-bond acceptors (Lipinski definition) is 4. The summed E-state index contributed by atoms with van der Waals surface area (Å²) in [5.74, 6) is 0.976. The molecule has 1 fully saturated rings. The van der Waals surface area contributed by atoms with Crippen molar-refractivity contribution in [2.45, 2.75) is 32.6 Å². The maximum Gasteiger partial charge on any atom is 0.313 e. The molecule has 7 heteroatoms. The SMILES string of the molecule is CC(C)CNC(=O)C(=O)Nc1cccc(-c2n[nH]c(C3CC3)n2)c1. The van der Waals surface area contributed by atoms with Gasteiger partial charge in [-0.05, 0) is 30.9 Å². The number of hydrogen-bond donors (Lipinski definition) is 3. The third kappa shape index (κ3) is 3.98. The van der Waals surface area contributed by atoms with Crippen LogP contribution in [0.25, 0.3) is 11.4 Å². The van der Waals surface area contributed by atoms with E-state index in [4.69, 9.17) is 0 Å². The largest absolute Gasteiger partial charge is 0.348 e. The van der Waals surface area contributed by atoms with Crippen LogP contribution in [0.3, 0.4) is 0 Å². The smallest absolute Gasteiger partial charge is 0.313 e. The fourth-order valence-corrected chi connectivity index (χ4v) is 2.24. The van der Waals surface area contributed by atoms with Crippen molar-refractivity contribution in [3.8, 4) is 11.4 Å². The summed E-state index contributed by atoms with van der Waals surface area (Å²) in [6.45, 7) is 4.40. The maximum absolute atomic E-state index is 11.9. The molecule has 0 spiro atoms. The number of carbonyl (C=O) groups is 2. The Balaban J connectivity index is 1.66. The highest BCUT2D eigenvalue weighted by Crippen LogP contribution is 2.38. The molecule has 1 aromatic heterocycles. The molecule has 0 radical (unpaired) electrons. The molecule has 1 aromatic carbocycles. The van der Waals surface area contributed by atoms with Gasteiger partial charge in [-0.3, -0.25) is 14.7 Å². The van der Waals surface area contributed by atoms with E-state index in [9.17, 15) is 9.59 Å². The molecule has 1 saturated carbocycles. The van der Waals surface area contributed by atoms with Gasteiger partial charge in [0.2, 0.25) is 0 Å². The van der Waals surface area contributed by atoms with Gasteiger partial charge in [-0.15, -0.1) is 0 Å². The van der Waals surface area contributed by atoms with E-state index in [-0.39, 0.29) is 5.92 Å². The Hall–Kier alpha value is -2.70. The highest BCUT2D eigenvalue weighted by molar-refractivity contribution is 6.39. The van der Waals surface area contributed by atoms with E-state index in [1.54, 1.807) is 18.2 Å². The van der Waals surface area contributed by atoms with Crippen LogP contribution in [0.2, 0.25) is 0 Å². The highest BCUT2D eigenvalue weighted by Gasteiger charge is 2.27. The Morgan fingerprint density at radius 3 is 2.79 bits per heavy atom. The van der Waals surface area contributed by atoms with Gasteiger partial charge in [0.15, 0.2) is 5.82 Å². The van der Waals surface area contributed by atoms with Crippen molar-refractivity contribution in [2.75, 3.05) is 11.9 Å². The van der Waals surface area contributed by atoms with Gasteiger partial charge in [-0.1, -0.05) is 26.0 Å². The van der Waals surface area contributed by atoms with Crippen LogP contribution >= 0.6 is 0 Å². The van der Waals surface area contributed by atoms with E-state index in [0.29, 0.717) is 24.0 Å². The van der Waals surface area contributed by atoms with Crippen LogP contribution in [0.5, 0.6) is 0 Å². The minimum Gasteiger partial charge on any atom is -0.348 e. The fraction of sp³-hybridized carbons (Fsp3) is 0.412. The number of aromatic amines is 1. The first-order valence-corrected chi connectivity index (χ1v) is 8.15. The predicted octanol–water partition coefficient (Wildman–Crippen LogP) is 2.06. The minimum absolute atomic E-state index is 0.288. The molecule has 0 atom stereocenters. The molecule has 3 rings (SSSR count). The third-order valence-electron chi connectivity index (χ3n) is 3.72. The Kier molecular flexibility index (Phi) is 4.59. The molecule has 1 heterocycles. The van der Waals surface area contributed by atoms with Crippen molar-refractivity contribution in [3.63, 3.8) is 0 Å². The van der Waals surface area contributed by atoms with E-state index < -0.39 is 11.8 Å². The van der Waals surface area contributed by atoms with Gasteiger partial charge in [0.25, 0.3) is 0 Å². The van der Waals surface area contributed by atoms with Crippen LogP contribution in [0.4, 0.5) is 5.69 Å². The van der Waals surface area contributed by atoms with E-state index in [2.05, 4.69) is 25.8 Å². The molecule has 0 aliphatic heterocycles. The topological polar surface area (TPSA) is 99.8 Å². The second-order valence-electron chi connectivity index (χ2n) is 6.46. The lowest BCUT2D eigenvalue weighted by Gasteiger charge is -2.08. The molecular weight excluding hydrogens is 306 g/mol. The lowest BCUT2D eigenvalue weighted by Crippen LogP contribution is -2.37. The van der Waals surface area contributed by atoms with Crippen LogP contribution in [-0.2, 0) is 9.59 Å². The summed E-state index contributed by atoms with van der Waals surface area (Å²) in [6.07, 6.45) is 2.30. The Morgan fingerprint density at radius 2 is 2.08 bits per heavy atom. The summed E-state index contributed by atoms with van der Waals surface area (Å²) in [4.78, 5) is 28.1. The van der Waals surface area contributed by atoms with Crippen molar-refractivity contribution in [1.29, 1.82) is 0 Å². The molecule has 1 aliphatic rings. The monoisotopic (exact) mass is 327 g/mol. The van der Waals surface area contributed by atoms with Gasteiger partial charge in [0, 0.05) is 23.7 Å². The predicted molar refractivity (Wildman–Crippen MR) is 90.3 cm³/mol. The van der Waals surface area contributed by atoms with Crippen LogP contribution in [0.15, 0.2) is 24.3 Å². The lowest BCUT2D eigenvalue weighted by atomic mass is 10.2. The number of nitrogens with zero attached hydrogens (tertiary/aromatic N) is 2. The average Bonchev–Trinajstić information content (AvgIpc) is 3.29. The van der Waals surface area contributed by atoms with Crippen molar-refractivity contribution in [1.82, 2.24) is 20.5 Å². The average molecular weight is 327 g/mol. The molecule has 2 aromatic rings. The summed E-state index contributed by atoms with van der Waals surface area (Å²) < 4.78 is 0. The maximum atomic E-state index is 11.9. The number of H-pyrrole nitrogens is 1. The van der Waals surface area contributed by atoms with Crippen LogP contribution in [-0.4, -0.2) is 33.5 Å². The second kappa shape index (κ2) is 6.82. The zero-order valence-electron chi connectivity index (χ0n) is 13.8. The number of carbonyl (C=O) groups excluding carboxylic acids is 2. The van der Waals surface area contributed by atoms with Crippen LogP contribution < -0.4 is 10.6 Å². The molecule has 3 N–H and O–H groups in total. The van der Waals surface area contributed by atoms with E-state index in [0.717, 1.165) is 24.2 Å². The molecule has 0 bridgehead atoms. The van der Waals surface area contributed by atoms with Gasteiger partial charge < -0.3 is 10.6 Å². The first-order chi connectivity index (χ1) is 11.5. The van der Waals surface area contributed by atoms with Crippen LogP contribution in [0, 0.1) is 5.92 Å². The summed E-state index contributed by atoms with van der Waals surface area (Å²) in [7, 11) is 0. The standard InChI is InChI=1S/C17H21N5O2/c1-10(2)9-18-16(23)17(24)19-13-5-3-4-12(8-13)15-20-14(21-22-15)11-6-7-11/h3-5,8,10-11H,6-7,9H2,1-2H3,(H,18,23)(H,19,24)(H,20,21,22). The van der Waals surface area contributed by atoms with Gasteiger partial charge in [-0.25, -0.2) is 4.98 Å². The van der Waals surface area contributed by atoms with Crippen molar-refractivity contribution < 1.29 is 9.59 Å². The molecule has 2 amide bonds. The number of nitrogens with one attached hydrogen (secondary N) is 3. The fourth-order valence-electron chi connectivity index (χ4n) is 2.24. The number of aromatic nitrogens is 3. The van der Waals surface area contributed by atoms with Gasteiger partial charge >= 0.3 is 11.8 Å². The summed E-state index contributed by atoms with van der Waals surface area (Å²) in [5, 5.41) is 12.4. The van der Waals surface area contributed by atoms with E-state index in [1.165, 1.54) is 0 Å². The zero-order chi connectivity index (χ0) is 17.1. The van der Waals surface area contributed by atoms with Crippen molar-refractivity contribution in [3.05, 3.63) is 30.1 Å². The summed E-state index contributed by atoms with van der Waals surface area (Å²) in [6, 6.07) is 7.15. The van der Waals surface area contributed by atoms with Crippen molar-refractivity contribution in [2.24, 2.45) is 5.92 Å². The Bertz CT molecular complexity index is 749. The minimum atomic E-state index is -0.679. The first-order valence-electron chi connectivity index (χ1n) is 8.15. The molecular formula is C17H21N5O2. The van der Waals surface area contributed by atoms with Gasteiger partial charge in [0.05, 0.1) is 0 Å². The molecule has 1 aliphatic carbocycles. The highest BCUT2D eigenvalue weighted by atomic mass is 16.2. The quantitative estimate of drug-likeness (QED) is 0.732. The van der Waals surface area contributed by atoms with Crippen molar-refractivity contribution >= 4 is 17.5 Å².